The molecule has 23 heavy (non-hydrogen) atoms. The molecule has 0 aromatic heterocycles. The molecule has 0 unspecified atom stereocenters. The number of rotatable bonds is 4. The third-order valence-corrected chi connectivity index (χ3v) is 4.14. The Morgan fingerprint density at radius 1 is 1.22 bits per heavy atom. The molecule has 2 aromatic carbocycles. The number of carboxylic acid groups (broad SMARTS) is 1. The van der Waals surface area contributed by atoms with E-state index < -0.39 is 5.97 Å². The molecule has 0 atom stereocenters. The number of benzene rings is 2. The van der Waals surface area contributed by atoms with E-state index in [1.165, 1.54) is 5.56 Å². The molecule has 1 heterocycles. The number of hydrogen-bond donors (Lipinski definition) is 2. The highest BCUT2D eigenvalue weighted by Crippen LogP contribution is 2.43. The van der Waals surface area contributed by atoms with Crippen LogP contribution in [-0.2, 0) is 13.0 Å². The van der Waals surface area contributed by atoms with E-state index in [4.69, 9.17) is 9.47 Å². The molecule has 1 aliphatic rings. The minimum atomic E-state index is -0.941. The van der Waals surface area contributed by atoms with E-state index in [-0.39, 0.29) is 5.56 Å². The van der Waals surface area contributed by atoms with Gasteiger partial charge in [-0.2, -0.15) is 0 Å². The minimum absolute atomic E-state index is 0.259. The van der Waals surface area contributed by atoms with E-state index in [9.17, 15) is 9.90 Å². The van der Waals surface area contributed by atoms with E-state index in [2.05, 4.69) is 5.32 Å². The van der Waals surface area contributed by atoms with Crippen molar-refractivity contribution in [2.45, 2.75) is 13.0 Å². The van der Waals surface area contributed by atoms with Gasteiger partial charge in [0.05, 0.1) is 19.8 Å². The fourth-order valence-electron chi connectivity index (χ4n) is 3.08. The van der Waals surface area contributed by atoms with Crippen LogP contribution in [0.3, 0.4) is 0 Å². The first-order chi connectivity index (χ1) is 11.2. The summed E-state index contributed by atoms with van der Waals surface area (Å²) >= 11 is 0. The van der Waals surface area contributed by atoms with Crippen LogP contribution >= 0.6 is 0 Å². The van der Waals surface area contributed by atoms with Crippen LogP contribution in [0.1, 0.15) is 21.5 Å². The highest BCUT2D eigenvalue weighted by Gasteiger charge is 2.23. The highest BCUT2D eigenvalue weighted by atomic mass is 16.5. The molecule has 5 heteroatoms. The van der Waals surface area contributed by atoms with Gasteiger partial charge >= 0.3 is 5.97 Å². The second-order valence-corrected chi connectivity index (χ2v) is 5.44. The topological polar surface area (TPSA) is 67.8 Å². The monoisotopic (exact) mass is 313 g/mol. The van der Waals surface area contributed by atoms with Gasteiger partial charge in [-0.05, 0) is 47.9 Å². The zero-order chi connectivity index (χ0) is 16.4. The van der Waals surface area contributed by atoms with Crippen molar-refractivity contribution in [1.82, 2.24) is 5.32 Å². The van der Waals surface area contributed by atoms with Gasteiger partial charge in [0.25, 0.3) is 0 Å². The third kappa shape index (κ3) is 2.75. The van der Waals surface area contributed by atoms with Crippen LogP contribution < -0.4 is 14.8 Å². The zero-order valence-electron chi connectivity index (χ0n) is 13.2. The van der Waals surface area contributed by atoms with Crippen molar-refractivity contribution in [1.29, 1.82) is 0 Å². The Bertz CT molecular complexity index is 741. The Morgan fingerprint density at radius 2 is 2.04 bits per heavy atom. The van der Waals surface area contributed by atoms with Gasteiger partial charge in [0, 0.05) is 12.1 Å². The summed E-state index contributed by atoms with van der Waals surface area (Å²) in [6.45, 7) is 1.65. The average molecular weight is 313 g/mol. The Morgan fingerprint density at radius 3 is 2.74 bits per heavy atom. The number of fused-ring (bicyclic) bond motifs is 1. The molecule has 5 nitrogen and oxygen atoms in total. The van der Waals surface area contributed by atoms with Crippen molar-refractivity contribution in [2.24, 2.45) is 0 Å². The summed E-state index contributed by atoms with van der Waals surface area (Å²) in [5.74, 6) is 0.366. The molecular weight excluding hydrogens is 294 g/mol. The highest BCUT2D eigenvalue weighted by molar-refractivity contribution is 5.90. The molecule has 0 radical (unpaired) electrons. The quantitative estimate of drug-likeness (QED) is 0.908. The predicted molar refractivity (Wildman–Crippen MR) is 87.4 cm³/mol. The van der Waals surface area contributed by atoms with Crippen molar-refractivity contribution in [3.63, 3.8) is 0 Å². The molecule has 0 saturated heterocycles. The number of carboxylic acids is 1. The van der Waals surface area contributed by atoms with Gasteiger partial charge in [-0.15, -0.1) is 0 Å². The first-order valence-corrected chi connectivity index (χ1v) is 7.47. The van der Waals surface area contributed by atoms with Gasteiger partial charge in [-0.1, -0.05) is 12.1 Å². The lowest BCUT2D eigenvalue weighted by Crippen LogP contribution is -2.24. The maximum Gasteiger partial charge on any atom is 0.335 e. The van der Waals surface area contributed by atoms with Crippen LogP contribution in [0.25, 0.3) is 11.1 Å². The third-order valence-electron chi connectivity index (χ3n) is 4.14. The van der Waals surface area contributed by atoms with E-state index in [0.29, 0.717) is 11.5 Å². The number of methoxy groups -OCH3 is 2. The molecule has 3 rings (SSSR count). The normalized spacial score (nSPS) is 13.3. The number of carbonyl (C=O) groups is 1. The van der Waals surface area contributed by atoms with Crippen molar-refractivity contribution in [2.75, 3.05) is 20.8 Å². The van der Waals surface area contributed by atoms with Gasteiger partial charge in [0.2, 0.25) is 0 Å². The Labute approximate surface area is 134 Å². The van der Waals surface area contributed by atoms with E-state index in [1.54, 1.807) is 32.4 Å². The van der Waals surface area contributed by atoms with E-state index in [1.807, 2.05) is 12.1 Å². The first-order valence-electron chi connectivity index (χ1n) is 7.47. The van der Waals surface area contributed by atoms with E-state index >= 15 is 0 Å². The fourth-order valence-corrected chi connectivity index (χ4v) is 3.08. The zero-order valence-corrected chi connectivity index (χ0v) is 13.2. The molecule has 0 bridgehead atoms. The van der Waals surface area contributed by atoms with Crippen LogP contribution in [0.2, 0.25) is 0 Å². The van der Waals surface area contributed by atoms with Gasteiger partial charge in [0.15, 0.2) is 11.5 Å². The lowest BCUT2D eigenvalue weighted by Gasteiger charge is -2.24. The molecular formula is C18H19NO4. The van der Waals surface area contributed by atoms with Crippen LogP contribution in [0.4, 0.5) is 0 Å². The van der Waals surface area contributed by atoms with Gasteiger partial charge in [-0.3, -0.25) is 0 Å². The number of ether oxygens (including phenoxy) is 2. The molecule has 0 aliphatic carbocycles. The summed E-state index contributed by atoms with van der Waals surface area (Å²) in [6, 6.07) is 8.93. The Balaban J connectivity index is 2.28. The van der Waals surface area contributed by atoms with Crippen molar-refractivity contribution < 1.29 is 19.4 Å². The fraction of sp³-hybridized carbons (Fsp3) is 0.278. The molecule has 1 aliphatic heterocycles. The number of aromatic carboxylic acids is 1. The second kappa shape index (κ2) is 6.30. The van der Waals surface area contributed by atoms with Crippen molar-refractivity contribution >= 4 is 5.97 Å². The van der Waals surface area contributed by atoms with Crippen LogP contribution in [-0.4, -0.2) is 31.8 Å². The summed E-state index contributed by atoms with van der Waals surface area (Å²) in [4.78, 5) is 11.3. The lowest BCUT2D eigenvalue weighted by atomic mass is 9.89. The Kier molecular flexibility index (Phi) is 4.21. The minimum Gasteiger partial charge on any atom is -0.493 e. The van der Waals surface area contributed by atoms with Gasteiger partial charge in [0.1, 0.15) is 0 Å². The maximum atomic E-state index is 11.3. The maximum absolute atomic E-state index is 11.3. The summed E-state index contributed by atoms with van der Waals surface area (Å²) in [5.41, 5.74) is 4.36. The molecule has 2 aromatic rings. The summed E-state index contributed by atoms with van der Waals surface area (Å²) in [6.07, 6.45) is 0.863. The number of nitrogens with one attached hydrogen (secondary N) is 1. The molecule has 2 N–H and O–H groups in total. The molecule has 0 amide bonds. The van der Waals surface area contributed by atoms with Crippen molar-refractivity contribution in [3.8, 4) is 22.6 Å². The summed E-state index contributed by atoms with van der Waals surface area (Å²) < 4.78 is 11.1. The smallest absolute Gasteiger partial charge is 0.335 e. The standard InChI is InChI=1S/C18H19NO4/c1-22-15-9-13-10-19-7-6-14(13)16(17(15)23-2)11-4-3-5-12(8-11)18(20)21/h3-5,8-9,19H,6-7,10H2,1-2H3,(H,20,21). The summed E-state index contributed by atoms with van der Waals surface area (Å²) in [7, 11) is 3.22. The van der Waals surface area contributed by atoms with Crippen molar-refractivity contribution in [3.05, 3.63) is 47.0 Å². The molecule has 120 valence electrons. The van der Waals surface area contributed by atoms with Crippen LogP contribution in [0, 0.1) is 0 Å². The average Bonchev–Trinajstić information content (AvgIpc) is 2.59. The molecule has 0 spiro atoms. The lowest BCUT2D eigenvalue weighted by molar-refractivity contribution is 0.0697. The molecule has 0 saturated carbocycles. The SMILES string of the molecule is COc1cc2c(c(-c3cccc(C(=O)O)c3)c1OC)CCNC2. The largest absolute Gasteiger partial charge is 0.493 e. The summed E-state index contributed by atoms with van der Waals surface area (Å²) in [5, 5.41) is 12.6. The predicted octanol–water partition coefficient (Wildman–Crippen LogP) is 2.71. The van der Waals surface area contributed by atoms with E-state index in [0.717, 1.165) is 36.2 Å². The Hall–Kier alpha value is -2.53. The van der Waals surface area contributed by atoms with Crippen LogP contribution in [0.5, 0.6) is 11.5 Å². The first kappa shape index (κ1) is 15.4. The molecule has 0 fully saturated rings. The van der Waals surface area contributed by atoms with Crippen LogP contribution in [0.15, 0.2) is 30.3 Å². The van der Waals surface area contributed by atoms with Gasteiger partial charge < -0.3 is 19.9 Å². The second-order valence-electron chi connectivity index (χ2n) is 5.44. The van der Waals surface area contributed by atoms with Gasteiger partial charge in [-0.25, -0.2) is 4.79 Å². The number of hydrogen-bond acceptors (Lipinski definition) is 4.